The van der Waals surface area contributed by atoms with Crippen molar-refractivity contribution in [1.29, 1.82) is 0 Å². The van der Waals surface area contributed by atoms with E-state index in [1.54, 1.807) is 11.4 Å². The highest BCUT2D eigenvalue weighted by Gasteiger charge is 2.40. The molecule has 1 aliphatic rings. The van der Waals surface area contributed by atoms with Gasteiger partial charge in [-0.05, 0) is 13.8 Å². The molecule has 46 valence electrons. The first-order valence-electron chi connectivity index (χ1n) is 2.39. The highest BCUT2D eigenvalue weighted by molar-refractivity contribution is 8.63. The summed E-state index contributed by atoms with van der Waals surface area (Å²) in [5.41, 5.74) is 0. The van der Waals surface area contributed by atoms with E-state index in [9.17, 15) is 0 Å². The molecule has 0 N–H and O–H groups in total. The van der Waals surface area contributed by atoms with Crippen LogP contribution in [0.3, 0.4) is 0 Å². The maximum absolute atomic E-state index is 5.21. The van der Waals surface area contributed by atoms with Crippen molar-refractivity contribution in [3.8, 4) is 0 Å². The van der Waals surface area contributed by atoms with Gasteiger partial charge < -0.3 is 0 Å². The smallest absolute Gasteiger partial charge is 0.157 e. The molecule has 8 heavy (non-hydrogen) atoms. The molecule has 1 heterocycles. The quantitative estimate of drug-likeness (QED) is 0.512. The zero-order valence-corrected chi connectivity index (χ0v) is 7.41. The van der Waals surface area contributed by atoms with Crippen LogP contribution in [0.15, 0.2) is 0 Å². The van der Waals surface area contributed by atoms with Gasteiger partial charge >= 0.3 is 6.13 Å². The molecule has 1 aliphatic heterocycles. The van der Waals surface area contributed by atoms with Crippen molar-refractivity contribution < 1.29 is 4.52 Å². The van der Waals surface area contributed by atoms with Gasteiger partial charge in [0.2, 0.25) is 11.8 Å². The monoisotopic (exact) mass is 167 g/mol. The Kier molecular flexibility index (Phi) is 1.93. The molecule has 1 rings (SSSR count). The minimum Gasteiger partial charge on any atom is -0.157 e. The van der Waals surface area contributed by atoms with E-state index in [0.29, 0.717) is 0 Å². The van der Waals surface area contributed by atoms with Gasteiger partial charge in [-0.15, -0.1) is 0 Å². The van der Waals surface area contributed by atoms with Crippen molar-refractivity contribution in [2.45, 2.75) is 18.6 Å². The zero-order chi connectivity index (χ0) is 6.20. The molecule has 0 aromatic rings. The first-order valence-corrected chi connectivity index (χ1v) is 6.09. The Morgan fingerprint density at radius 1 is 1.75 bits per heavy atom. The van der Waals surface area contributed by atoms with Crippen LogP contribution in [0.4, 0.5) is 0 Å². The van der Waals surface area contributed by atoms with E-state index in [1.165, 1.54) is 0 Å². The van der Waals surface area contributed by atoms with Crippen LogP contribution in [0.25, 0.3) is 0 Å². The Hall–Kier alpha value is 0.830. The summed E-state index contributed by atoms with van der Waals surface area (Å²) in [5, 5.41) is 0. The fraction of sp³-hybridized carbons (Fsp3) is 1.00. The lowest BCUT2D eigenvalue weighted by atomic mass is 10.2. The largest absolute Gasteiger partial charge is 0.415 e. The molecule has 0 aliphatic carbocycles. The van der Waals surface area contributed by atoms with Gasteiger partial charge in [-0.1, -0.05) is 0 Å². The van der Waals surface area contributed by atoms with E-state index in [-0.39, 0.29) is 4.75 Å². The maximum atomic E-state index is 5.21. The van der Waals surface area contributed by atoms with Crippen molar-refractivity contribution in [3.05, 3.63) is 0 Å². The normalized spacial score (nSPS) is 31.0. The van der Waals surface area contributed by atoms with Crippen molar-refractivity contribution in [1.82, 2.24) is 0 Å². The van der Waals surface area contributed by atoms with Gasteiger partial charge in [0.05, 0.1) is 4.75 Å². The summed E-state index contributed by atoms with van der Waals surface area (Å²) in [7, 11) is 0. The van der Waals surface area contributed by atoms with Crippen molar-refractivity contribution >= 4 is 29.3 Å². The van der Waals surface area contributed by atoms with Crippen LogP contribution in [0, 0.1) is 0 Å². The maximum Gasteiger partial charge on any atom is 0.415 e. The van der Waals surface area contributed by atoms with Gasteiger partial charge in [-0.2, -0.15) is 4.52 Å². The van der Waals surface area contributed by atoms with Crippen molar-refractivity contribution in [2.75, 3.05) is 6.61 Å². The minimum absolute atomic E-state index is 0.285. The molecule has 1 atom stereocenters. The van der Waals surface area contributed by atoms with E-state index in [0.717, 1.165) is 6.61 Å². The van der Waals surface area contributed by atoms with Crippen LogP contribution in [0.1, 0.15) is 13.8 Å². The number of hydrogen-bond acceptors (Lipinski definition) is 3. The molecule has 1 unspecified atom stereocenters. The summed E-state index contributed by atoms with van der Waals surface area (Å²) in [6.45, 7) is 5.14. The Morgan fingerprint density at radius 2 is 2.38 bits per heavy atom. The molecular weight excluding hydrogens is 159 g/mol. The zero-order valence-electron chi connectivity index (χ0n) is 4.88. The van der Waals surface area contributed by atoms with Gasteiger partial charge in [-0.3, -0.25) is 0 Å². The first kappa shape index (κ1) is 6.94. The predicted octanol–water partition coefficient (Wildman–Crippen LogP) is 2.30. The van der Waals surface area contributed by atoms with E-state index in [1.807, 2.05) is 0 Å². The summed E-state index contributed by atoms with van der Waals surface area (Å²) in [6, 6.07) is 0. The van der Waals surface area contributed by atoms with Crippen molar-refractivity contribution in [2.24, 2.45) is 0 Å². The van der Waals surface area contributed by atoms with Crippen LogP contribution >= 0.6 is 17.5 Å². The third-order valence-electron chi connectivity index (χ3n) is 0.839. The molecule has 0 aromatic carbocycles. The highest BCUT2D eigenvalue weighted by Crippen LogP contribution is 2.54. The molecule has 0 aromatic heterocycles. The summed E-state index contributed by atoms with van der Waals surface area (Å²) in [6.07, 6.45) is -0.553. The third kappa shape index (κ3) is 1.66. The van der Waals surface area contributed by atoms with Crippen LogP contribution in [0.5, 0.6) is 0 Å². The molecule has 0 spiro atoms. The lowest BCUT2D eigenvalue weighted by Crippen LogP contribution is -2.13. The van der Waals surface area contributed by atoms with Crippen LogP contribution < -0.4 is 0 Å². The fourth-order valence-corrected chi connectivity index (χ4v) is 5.21. The van der Waals surface area contributed by atoms with Gasteiger partial charge in [-0.25, -0.2) is 0 Å². The molecule has 4 heteroatoms. The van der Waals surface area contributed by atoms with Gasteiger partial charge in [0.15, 0.2) is 0 Å². The average molecular weight is 167 g/mol. The van der Waals surface area contributed by atoms with E-state index in [4.69, 9.17) is 16.3 Å². The Bertz CT molecular complexity index is 123. The van der Waals surface area contributed by atoms with Gasteiger partial charge in [0.1, 0.15) is 18.0 Å². The van der Waals surface area contributed by atoms with E-state index < -0.39 is 6.13 Å². The molecule has 0 radical (unpaired) electrons. The second-order valence-electron chi connectivity index (χ2n) is 2.35. The Balaban J connectivity index is 2.56. The van der Waals surface area contributed by atoms with Crippen LogP contribution in [-0.4, -0.2) is 11.4 Å². The molecule has 0 bridgehead atoms. The molecule has 1 saturated heterocycles. The summed E-state index contributed by atoms with van der Waals surface area (Å²) in [5.74, 6) is 0. The standard InChI is InChI=1S/C4H8OPS2/c1-4(2)3-5-6(7)8-4/h3H2,1-2H3/q+1. The van der Waals surface area contributed by atoms with E-state index in [2.05, 4.69) is 13.8 Å². The average Bonchev–Trinajstić information content (AvgIpc) is 1.82. The Labute approximate surface area is 59.4 Å². The second-order valence-corrected chi connectivity index (χ2v) is 7.57. The Morgan fingerprint density at radius 3 is 2.50 bits per heavy atom. The SMILES string of the molecule is CC1(C)CO[P+](=S)S1. The molecule has 0 saturated carbocycles. The molecular formula is C4H8OPS2+. The molecule has 1 nitrogen and oxygen atoms in total. The van der Waals surface area contributed by atoms with Crippen LogP contribution in [0.2, 0.25) is 0 Å². The topological polar surface area (TPSA) is 9.23 Å². The summed E-state index contributed by atoms with van der Waals surface area (Å²) in [4.78, 5) is 0. The lowest BCUT2D eigenvalue weighted by molar-refractivity contribution is 0.343. The van der Waals surface area contributed by atoms with Gasteiger partial charge in [0.25, 0.3) is 0 Å². The number of hydrogen-bond donors (Lipinski definition) is 0. The highest BCUT2D eigenvalue weighted by atomic mass is 32.9. The fourth-order valence-electron chi connectivity index (χ4n) is 0.463. The summed E-state index contributed by atoms with van der Waals surface area (Å²) < 4.78 is 5.50. The molecule has 0 amide bonds. The van der Waals surface area contributed by atoms with E-state index >= 15 is 0 Å². The number of rotatable bonds is 0. The first-order chi connectivity index (χ1) is 3.60. The minimum atomic E-state index is -0.553. The predicted molar refractivity (Wildman–Crippen MR) is 41.9 cm³/mol. The summed E-state index contributed by atoms with van der Waals surface area (Å²) >= 11 is 6.74. The van der Waals surface area contributed by atoms with Crippen LogP contribution in [-0.2, 0) is 16.3 Å². The van der Waals surface area contributed by atoms with Crippen molar-refractivity contribution in [3.63, 3.8) is 0 Å². The third-order valence-corrected chi connectivity index (χ3v) is 5.17. The second kappa shape index (κ2) is 2.22. The van der Waals surface area contributed by atoms with Gasteiger partial charge in [0, 0.05) is 0 Å². The lowest BCUT2D eigenvalue weighted by Gasteiger charge is -2.02. The molecule has 1 fully saturated rings.